The number of anilines is 2. The van der Waals surface area contributed by atoms with Crippen molar-refractivity contribution in [3.05, 3.63) is 48.4 Å². The molecule has 0 bridgehead atoms. The summed E-state index contributed by atoms with van der Waals surface area (Å²) in [7, 11) is 0. The Morgan fingerprint density at radius 3 is 2.44 bits per heavy atom. The Morgan fingerprint density at radius 1 is 0.963 bits per heavy atom. The Balaban J connectivity index is 1.40. The van der Waals surface area contributed by atoms with E-state index in [2.05, 4.69) is 22.3 Å². The summed E-state index contributed by atoms with van der Waals surface area (Å²) < 4.78 is 5.20. The van der Waals surface area contributed by atoms with Gasteiger partial charge in [-0.1, -0.05) is 0 Å². The standard InChI is InChI=1S/C21H25N3O3/c25-20(18-6-4-14-24(18)21(26)19-7-5-15-27-19)22-16-8-10-17(11-9-16)23-12-2-1-3-13-23/h5,7-11,15,18H,1-4,6,12-14H2,(H,22,25). The van der Waals surface area contributed by atoms with E-state index in [9.17, 15) is 9.59 Å². The second kappa shape index (κ2) is 7.86. The van der Waals surface area contributed by atoms with Crippen molar-refractivity contribution in [1.29, 1.82) is 0 Å². The SMILES string of the molecule is O=C(Nc1ccc(N2CCCCC2)cc1)C1CCCN1C(=O)c1ccco1. The summed E-state index contributed by atoms with van der Waals surface area (Å²) in [4.78, 5) is 29.3. The molecule has 0 saturated carbocycles. The van der Waals surface area contributed by atoms with Crippen LogP contribution in [0.1, 0.15) is 42.7 Å². The Bertz CT molecular complexity index is 780. The fraction of sp³-hybridized carbons (Fsp3) is 0.429. The number of carbonyl (C=O) groups is 2. The molecule has 1 N–H and O–H groups in total. The van der Waals surface area contributed by atoms with Gasteiger partial charge in [-0.3, -0.25) is 9.59 Å². The summed E-state index contributed by atoms with van der Waals surface area (Å²) in [6.07, 6.45) is 6.74. The van der Waals surface area contributed by atoms with E-state index < -0.39 is 6.04 Å². The zero-order valence-corrected chi connectivity index (χ0v) is 15.4. The highest BCUT2D eigenvalue weighted by atomic mass is 16.3. The number of hydrogen-bond donors (Lipinski definition) is 1. The van der Waals surface area contributed by atoms with Gasteiger partial charge in [-0.2, -0.15) is 0 Å². The van der Waals surface area contributed by atoms with E-state index in [4.69, 9.17) is 4.42 Å². The van der Waals surface area contributed by atoms with Crippen LogP contribution in [0.25, 0.3) is 0 Å². The van der Waals surface area contributed by atoms with E-state index in [1.165, 1.54) is 31.2 Å². The minimum atomic E-state index is -0.454. The third-order valence-electron chi connectivity index (χ3n) is 5.40. The van der Waals surface area contributed by atoms with Gasteiger partial charge in [0.15, 0.2) is 5.76 Å². The summed E-state index contributed by atoms with van der Waals surface area (Å²) >= 11 is 0. The van der Waals surface area contributed by atoms with Gasteiger partial charge in [0, 0.05) is 31.0 Å². The van der Waals surface area contributed by atoms with E-state index >= 15 is 0 Å². The van der Waals surface area contributed by atoms with Gasteiger partial charge in [0.2, 0.25) is 5.91 Å². The summed E-state index contributed by atoms with van der Waals surface area (Å²) in [5, 5.41) is 2.96. The number of carbonyl (C=O) groups excluding carboxylic acids is 2. The zero-order valence-electron chi connectivity index (χ0n) is 15.4. The van der Waals surface area contributed by atoms with Gasteiger partial charge >= 0.3 is 0 Å². The van der Waals surface area contributed by atoms with Crippen LogP contribution in [0.2, 0.25) is 0 Å². The third kappa shape index (κ3) is 3.84. The Morgan fingerprint density at radius 2 is 1.74 bits per heavy atom. The van der Waals surface area contributed by atoms with Crippen LogP contribution in [0.15, 0.2) is 47.1 Å². The van der Waals surface area contributed by atoms with Crippen LogP contribution >= 0.6 is 0 Å². The highest BCUT2D eigenvalue weighted by molar-refractivity contribution is 6.00. The molecule has 1 aromatic heterocycles. The van der Waals surface area contributed by atoms with Crippen LogP contribution in [0.4, 0.5) is 11.4 Å². The second-order valence-electron chi connectivity index (χ2n) is 7.22. The van der Waals surface area contributed by atoms with Crippen LogP contribution in [-0.2, 0) is 4.79 Å². The summed E-state index contributed by atoms with van der Waals surface area (Å²) in [6.45, 7) is 2.76. The van der Waals surface area contributed by atoms with Gasteiger partial charge in [0.05, 0.1) is 6.26 Å². The predicted octanol–water partition coefficient (Wildman–Crippen LogP) is 3.51. The van der Waals surface area contributed by atoms with Crippen molar-refractivity contribution in [3.8, 4) is 0 Å². The van der Waals surface area contributed by atoms with E-state index in [-0.39, 0.29) is 17.6 Å². The molecule has 1 atom stereocenters. The average molecular weight is 367 g/mol. The van der Waals surface area contributed by atoms with Crippen LogP contribution < -0.4 is 10.2 Å². The molecular formula is C21H25N3O3. The molecule has 2 aliphatic heterocycles. The predicted molar refractivity (Wildman–Crippen MR) is 104 cm³/mol. The smallest absolute Gasteiger partial charge is 0.290 e. The highest BCUT2D eigenvalue weighted by Gasteiger charge is 2.35. The summed E-state index contributed by atoms with van der Waals surface area (Å²) in [5.41, 5.74) is 1.96. The number of furan rings is 1. The van der Waals surface area contributed by atoms with E-state index in [1.54, 1.807) is 17.0 Å². The summed E-state index contributed by atoms with van der Waals surface area (Å²) in [6, 6.07) is 10.9. The lowest BCUT2D eigenvalue weighted by molar-refractivity contribution is -0.119. The minimum Gasteiger partial charge on any atom is -0.459 e. The van der Waals surface area contributed by atoms with Crippen LogP contribution in [-0.4, -0.2) is 42.4 Å². The molecule has 27 heavy (non-hydrogen) atoms. The second-order valence-corrected chi connectivity index (χ2v) is 7.22. The lowest BCUT2D eigenvalue weighted by Crippen LogP contribution is -2.43. The number of rotatable bonds is 4. The van der Waals surface area contributed by atoms with Gasteiger partial charge in [0.1, 0.15) is 6.04 Å². The number of hydrogen-bond acceptors (Lipinski definition) is 4. The number of likely N-dealkylation sites (tertiary alicyclic amines) is 1. The van der Waals surface area contributed by atoms with E-state index in [1.807, 2.05) is 12.1 Å². The maximum absolute atomic E-state index is 12.7. The first-order chi connectivity index (χ1) is 13.2. The lowest BCUT2D eigenvalue weighted by Gasteiger charge is -2.29. The molecule has 2 aromatic rings. The first kappa shape index (κ1) is 17.6. The molecule has 2 fully saturated rings. The number of benzene rings is 1. The Labute approximate surface area is 159 Å². The lowest BCUT2D eigenvalue weighted by atomic mass is 10.1. The molecule has 4 rings (SSSR count). The van der Waals surface area contributed by atoms with Crippen molar-refractivity contribution in [2.75, 3.05) is 29.9 Å². The first-order valence-electron chi connectivity index (χ1n) is 9.73. The number of piperidine rings is 1. The van der Waals surface area contributed by atoms with Crippen molar-refractivity contribution < 1.29 is 14.0 Å². The molecule has 2 saturated heterocycles. The molecule has 0 spiro atoms. The minimum absolute atomic E-state index is 0.141. The fourth-order valence-electron chi connectivity index (χ4n) is 3.96. The average Bonchev–Trinajstić information content (AvgIpc) is 3.41. The molecule has 3 heterocycles. The molecule has 0 aliphatic carbocycles. The van der Waals surface area contributed by atoms with Gasteiger partial charge in [-0.15, -0.1) is 0 Å². The van der Waals surface area contributed by atoms with Crippen molar-refractivity contribution in [2.24, 2.45) is 0 Å². The fourth-order valence-corrected chi connectivity index (χ4v) is 3.96. The third-order valence-corrected chi connectivity index (χ3v) is 5.40. The van der Waals surface area contributed by atoms with Gasteiger partial charge in [0.25, 0.3) is 5.91 Å². The van der Waals surface area contributed by atoms with Crippen LogP contribution in [0.5, 0.6) is 0 Å². The highest BCUT2D eigenvalue weighted by Crippen LogP contribution is 2.24. The van der Waals surface area contributed by atoms with Gasteiger partial charge in [-0.05, 0) is 68.5 Å². The Hall–Kier alpha value is -2.76. The monoisotopic (exact) mass is 367 g/mol. The molecule has 1 unspecified atom stereocenters. The van der Waals surface area contributed by atoms with Crippen molar-refractivity contribution in [2.45, 2.75) is 38.1 Å². The largest absolute Gasteiger partial charge is 0.459 e. The molecule has 6 nitrogen and oxygen atoms in total. The summed E-state index contributed by atoms with van der Waals surface area (Å²) in [5.74, 6) is -0.0863. The molecule has 2 aliphatic rings. The first-order valence-corrected chi connectivity index (χ1v) is 9.73. The maximum Gasteiger partial charge on any atom is 0.290 e. The molecule has 1 aromatic carbocycles. The van der Waals surface area contributed by atoms with Crippen LogP contribution in [0, 0.1) is 0 Å². The molecular weight excluding hydrogens is 342 g/mol. The van der Waals surface area contributed by atoms with E-state index in [0.29, 0.717) is 13.0 Å². The normalized spacial score (nSPS) is 19.9. The molecule has 142 valence electrons. The van der Waals surface area contributed by atoms with E-state index in [0.717, 1.165) is 25.2 Å². The molecule has 0 radical (unpaired) electrons. The van der Waals surface area contributed by atoms with Crippen molar-refractivity contribution in [3.63, 3.8) is 0 Å². The number of amides is 2. The number of nitrogens with zero attached hydrogens (tertiary/aromatic N) is 2. The zero-order chi connectivity index (χ0) is 18.6. The Kier molecular flexibility index (Phi) is 5.14. The number of nitrogens with one attached hydrogen (secondary N) is 1. The van der Waals surface area contributed by atoms with Gasteiger partial charge < -0.3 is 19.5 Å². The van der Waals surface area contributed by atoms with Crippen molar-refractivity contribution >= 4 is 23.2 Å². The van der Waals surface area contributed by atoms with Crippen LogP contribution in [0.3, 0.4) is 0 Å². The molecule has 2 amide bonds. The topological polar surface area (TPSA) is 65.8 Å². The van der Waals surface area contributed by atoms with Crippen molar-refractivity contribution in [1.82, 2.24) is 4.90 Å². The quantitative estimate of drug-likeness (QED) is 0.898. The van der Waals surface area contributed by atoms with Gasteiger partial charge in [-0.25, -0.2) is 0 Å². The maximum atomic E-state index is 12.7. The molecule has 6 heteroatoms.